The molecule has 0 bridgehead atoms. The number of nitrogens with one attached hydrogen (secondary N) is 2. The Labute approximate surface area is 441 Å². The van der Waals surface area contributed by atoms with E-state index in [1.807, 2.05) is 91.4 Å². The van der Waals surface area contributed by atoms with Gasteiger partial charge in [-0.25, -0.2) is 14.8 Å². The molecule has 15 nitrogen and oxygen atoms in total. The van der Waals surface area contributed by atoms with Crippen molar-refractivity contribution in [2.75, 3.05) is 47.8 Å². The van der Waals surface area contributed by atoms with E-state index in [0.717, 1.165) is 119 Å². The molecule has 388 valence electrons. The summed E-state index contributed by atoms with van der Waals surface area (Å²) in [5, 5.41) is 22.4. The van der Waals surface area contributed by atoms with Crippen molar-refractivity contribution in [3.8, 4) is 16.9 Å². The maximum atomic E-state index is 13.7. The summed E-state index contributed by atoms with van der Waals surface area (Å²) in [5.41, 5.74) is 8.58. The molecule has 1 atom stereocenters. The number of amides is 3. The number of pyridine rings is 1. The van der Waals surface area contributed by atoms with Crippen LogP contribution in [0.2, 0.25) is 0 Å². The number of carboxylic acid groups (broad SMARTS) is 1. The zero-order chi connectivity index (χ0) is 52.0. The molecule has 3 amide bonds. The molecule has 0 radical (unpaired) electrons. The van der Waals surface area contributed by atoms with E-state index in [-0.39, 0.29) is 35.1 Å². The van der Waals surface area contributed by atoms with Crippen molar-refractivity contribution in [2.45, 2.75) is 109 Å². The van der Waals surface area contributed by atoms with Gasteiger partial charge < -0.3 is 19.6 Å². The number of piperazine rings is 1. The summed E-state index contributed by atoms with van der Waals surface area (Å²) in [6.45, 7) is 11.6. The summed E-state index contributed by atoms with van der Waals surface area (Å²) in [6, 6.07) is 29.5. The van der Waals surface area contributed by atoms with E-state index in [4.69, 9.17) is 14.8 Å². The molecule has 16 heteroatoms. The first-order valence-corrected chi connectivity index (χ1v) is 27.4. The molecule has 0 spiro atoms. The Morgan fingerprint density at radius 2 is 1.63 bits per heavy atom. The van der Waals surface area contributed by atoms with Crippen LogP contribution in [0, 0.1) is 12.8 Å². The van der Waals surface area contributed by atoms with E-state index < -0.39 is 11.9 Å². The minimum Gasteiger partial charge on any atom is -0.490 e. The predicted molar refractivity (Wildman–Crippen MR) is 294 cm³/mol. The van der Waals surface area contributed by atoms with E-state index in [1.165, 1.54) is 24.2 Å². The first-order valence-electron chi connectivity index (χ1n) is 26.6. The Balaban J connectivity index is 0.672. The standard InChI is InChI=1S/C59H65N9O6S/c1-36-40(41-24-26-50(61-53(41)57(72)73)67-30-28-38-12-7-14-42(45(38)35-67)55(70)63-58-60-46-16-5-6-19-49(46)75-58)13-9-18-48(36)74-39-22-20-37(21-23-39)11-10-29-59(2,3)68-33-31-66(32-34-68)47-17-8-15-43-52(64-65(4)54(43)47)44-25-27-51(69)62-56(44)71/h5-9,12-19,24,26,37,39,44H,10-11,20-23,25,27-35H2,1-4H3,(H,72,73)(H,60,63,70)(H,62,69,71)/t37-,39-,44?. The van der Waals surface area contributed by atoms with E-state index in [0.29, 0.717) is 60.3 Å². The molecule has 6 heterocycles. The van der Waals surface area contributed by atoms with Crippen LogP contribution in [-0.2, 0) is 29.6 Å². The fourth-order valence-corrected chi connectivity index (χ4v) is 13.0. The number of piperidine rings is 1. The number of aromatic carboxylic acids is 1. The average molecular weight is 1030 g/mol. The Morgan fingerprint density at radius 1 is 0.840 bits per heavy atom. The number of imide groups is 1. The molecule has 3 aromatic heterocycles. The Hall–Kier alpha value is -7.17. The largest absolute Gasteiger partial charge is 0.490 e. The fourth-order valence-electron chi connectivity index (χ4n) is 12.2. The lowest BCUT2D eigenvalue weighted by Gasteiger charge is -2.45. The summed E-state index contributed by atoms with van der Waals surface area (Å²) in [7, 11) is 1.95. The zero-order valence-corrected chi connectivity index (χ0v) is 44.0. The highest BCUT2D eigenvalue weighted by Crippen LogP contribution is 2.39. The smallest absolute Gasteiger partial charge is 0.355 e. The number of hydrogen-bond acceptors (Lipinski definition) is 12. The summed E-state index contributed by atoms with van der Waals surface area (Å²) >= 11 is 1.44. The third-order valence-electron chi connectivity index (χ3n) is 16.4. The summed E-state index contributed by atoms with van der Waals surface area (Å²) < 4.78 is 9.63. The van der Waals surface area contributed by atoms with Crippen molar-refractivity contribution in [2.24, 2.45) is 13.0 Å². The normalized spacial score (nSPS) is 19.5. The molecule has 1 saturated carbocycles. The first-order chi connectivity index (χ1) is 36.3. The molecule has 4 aromatic carbocycles. The molecule has 2 saturated heterocycles. The maximum Gasteiger partial charge on any atom is 0.355 e. The minimum absolute atomic E-state index is 0.0200. The number of carbonyl (C=O) groups excluding carboxylic acids is 3. The lowest BCUT2D eigenvalue weighted by Crippen LogP contribution is -2.54. The maximum absolute atomic E-state index is 13.7. The SMILES string of the molecule is Cc1c(O[C@H]2CC[C@H](CCCC(C)(C)N3CCN(c4cccc5c(C6CCC(=O)NC6=O)nn(C)c45)CC3)CC2)cccc1-c1ccc(N2CCc3cccc(C(=O)Nc4nc5ccccc5s4)c3C2)nc1C(=O)O. The summed E-state index contributed by atoms with van der Waals surface area (Å²) in [6.07, 6.45) is 9.32. The highest BCUT2D eigenvalue weighted by molar-refractivity contribution is 7.22. The molecular formula is C59H65N9O6S. The van der Waals surface area contributed by atoms with Gasteiger partial charge in [0.25, 0.3) is 5.91 Å². The highest BCUT2D eigenvalue weighted by Gasteiger charge is 2.35. The van der Waals surface area contributed by atoms with Crippen molar-refractivity contribution >= 4 is 72.8 Å². The fraction of sp³-hybridized carbons (Fsp3) is 0.407. The second-order valence-electron chi connectivity index (χ2n) is 21.5. The molecule has 7 aromatic rings. The second kappa shape index (κ2) is 20.9. The zero-order valence-electron chi connectivity index (χ0n) is 43.2. The molecule has 1 aliphatic carbocycles. The van der Waals surface area contributed by atoms with Crippen LogP contribution in [0.4, 0.5) is 16.6 Å². The van der Waals surface area contributed by atoms with Crippen LogP contribution in [0.5, 0.6) is 5.75 Å². The number of hydrogen-bond donors (Lipinski definition) is 3. The number of thiazole rings is 1. The molecule has 4 aliphatic rings. The lowest BCUT2D eigenvalue weighted by atomic mass is 9.82. The van der Waals surface area contributed by atoms with Gasteiger partial charge >= 0.3 is 5.97 Å². The molecule has 3 aliphatic heterocycles. The topological polar surface area (TPSA) is 175 Å². The average Bonchev–Trinajstić information content (AvgIpc) is 3.99. The van der Waals surface area contributed by atoms with Gasteiger partial charge in [0.15, 0.2) is 10.8 Å². The number of ether oxygens (including phenoxy) is 1. The van der Waals surface area contributed by atoms with Crippen molar-refractivity contribution in [1.29, 1.82) is 0 Å². The second-order valence-corrected chi connectivity index (χ2v) is 22.5. The number of fused-ring (bicyclic) bond motifs is 3. The van der Waals surface area contributed by atoms with Gasteiger partial charge in [-0.05, 0) is 136 Å². The number of carbonyl (C=O) groups is 4. The molecule has 3 fully saturated rings. The van der Waals surface area contributed by atoms with E-state index in [1.54, 1.807) is 0 Å². The molecule has 75 heavy (non-hydrogen) atoms. The number of nitrogens with zero attached hydrogens (tertiary/aromatic N) is 7. The van der Waals surface area contributed by atoms with Crippen LogP contribution in [0.3, 0.4) is 0 Å². The minimum atomic E-state index is -1.10. The number of aromatic nitrogens is 4. The third kappa shape index (κ3) is 10.2. The lowest BCUT2D eigenvalue weighted by molar-refractivity contribution is -0.134. The van der Waals surface area contributed by atoms with Gasteiger partial charge in [-0.2, -0.15) is 5.10 Å². The van der Waals surface area contributed by atoms with Crippen molar-refractivity contribution < 1.29 is 29.0 Å². The number of benzene rings is 4. The van der Waals surface area contributed by atoms with Crippen molar-refractivity contribution in [3.05, 3.63) is 125 Å². The number of para-hydroxylation sites is 2. The highest BCUT2D eigenvalue weighted by atomic mass is 32.1. The van der Waals surface area contributed by atoms with Gasteiger partial charge in [-0.15, -0.1) is 0 Å². The van der Waals surface area contributed by atoms with Crippen LogP contribution in [0.15, 0.2) is 91.0 Å². The van der Waals surface area contributed by atoms with E-state index >= 15 is 0 Å². The van der Waals surface area contributed by atoms with Gasteiger partial charge in [0.1, 0.15) is 11.6 Å². The summed E-state index contributed by atoms with van der Waals surface area (Å²) in [4.78, 5) is 67.8. The Morgan fingerprint density at radius 3 is 2.41 bits per heavy atom. The third-order valence-corrected chi connectivity index (χ3v) is 17.4. The monoisotopic (exact) mass is 1030 g/mol. The number of rotatable bonds is 14. The van der Waals surface area contributed by atoms with Gasteiger partial charge in [0.05, 0.1) is 39.1 Å². The number of anilines is 3. The van der Waals surface area contributed by atoms with Gasteiger partial charge in [-0.1, -0.05) is 72.7 Å². The Kier molecular flexibility index (Phi) is 13.9. The number of aryl methyl sites for hydroxylation is 1. The van der Waals surface area contributed by atoms with E-state index in [9.17, 15) is 24.3 Å². The predicted octanol–water partition coefficient (Wildman–Crippen LogP) is 10.3. The van der Waals surface area contributed by atoms with Crippen LogP contribution in [0.1, 0.15) is 121 Å². The quantitative estimate of drug-likeness (QED) is 0.0881. The number of carboxylic acids is 1. The van der Waals surface area contributed by atoms with Gasteiger partial charge in [-0.3, -0.25) is 34.6 Å². The van der Waals surface area contributed by atoms with Crippen LogP contribution >= 0.6 is 11.3 Å². The van der Waals surface area contributed by atoms with Crippen LogP contribution in [-0.4, -0.2) is 97.8 Å². The van der Waals surface area contributed by atoms with Crippen LogP contribution in [0.25, 0.3) is 32.2 Å². The molecule has 3 N–H and O–H groups in total. The van der Waals surface area contributed by atoms with Crippen molar-refractivity contribution in [3.63, 3.8) is 0 Å². The Bertz CT molecular complexity index is 3300. The van der Waals surface area contributed by atoms with E-state index in [2.05, 4.69) is 62.4 Å². The molecule has 1 unspecified atom stereocenters. The van der Waals surface area contributed by atoms with Crippen molar-refractivity contribution in [1.82, 2.24) is 30.0 Å². The van der Waals surface area contributed by atoms with Gasteiger partial charge in [0, 0.05) is 74.8 Å². The molecular weight excluding hydrogens is 963 g/mol. The molecule has 11 rings (SSSR count). The summed E-state index contributed by atoms with van der Waals surface area (Å²) in [5.74, 6) is -0.242. The van der Waals surface area contributed by atoms with Gasteiger partial charge in [0.2, 0.25) is 11.8 Å². The first kappa shape index (κ1) is 50.0. The van der Waals surface area contributed by atoms with Crippen LogP contribution < -0.4 is 25.2 Å².